The Hall–Kier alpha value is -3.67. The van der Waals surface area contributed by atoms with Crippen LogP contribution in [0, 0.1) is 0 Å². The molecule has 0 aliphatic carbocycles. The van der Waals surface area contributed by atoms with E-state index < -0.39 is 0 Å². The number of hydrogen-bond donors (Lipinski definition) is 3. The summed E-state index contributed by atoms with van der Waals surface area (Å²) >= 11 is 0. The number of phenols is 3. The van der Waals surface area contributed by atoms with E-state index in [2.05, 4.69) is 0 Å². The van der Waals surface area contributed by atoms with Crippen molar-refractivity contribution in [2.24, 2.45) is 0 Å². The topological polar surface area (TPSA) is 96.2 Å². The molecule has 0 heterocycles. The number of phenolic OH excluding ortho intramolecular Hbond substituents is 3. The third kappa shape index (κ3) is 4.80. The maximum Gasteiger partial charge on any atom is 0.170 e. The van der Waals surface area contributed by atoms with Crippen molar-refractivity contribution in [2.75, 3.05) is 14.2 Å². The number of aromatic hydroxyl groups is 3. The first-order chi connectivity index (χ1) is 15.4. The summed E-state index contributed by atoms with van der Waals surface area (Å²) in [5, 5.41) is 31.4. The van der Waals surface area contributed by atoms with Gasteiger partial charge in [-0.05, 0) is 48.2 Å². The largest absolute Gasteiger partial charge is 0.508 e. The zero-order chi connectivity index (χ0) is 23.3. The summed E-state index contributed by atoms with van der Waals surface area (Å²) in [6.07, 6.45) is 1.21. The molecule has 32 heavy (non-hydrogen) atoms. The van der Waals surface area contributed by atoms with Gasteiger partial charge in [-0.15, -0.1) is 0 Å². The second-order valence-corrected chi connectivity index (χ2v) is 7.56. The van der Waals surface area contributed by atoms with Gasteiger partial charge in [0.2, 0.25) is 0 Å². The average molecular weight is 437 g/mol. The molecule has 0 amide bonds. The lowest BCUT2D eigenvalue weighted by Crippen LogP contribution is -2.09. The molecule has 0 saturated carbocycles. The Morgan fingerprint density at radius 1 is 0.938 bits per heavy atom. The van der Waals surface area contributed by atoms with Gasteiger partial charge in [0, 0.05) is 24.0 Å². The molecule has 0 radical (unpaired) electrons. The SMILES string of the molecule is CCC(c1ccc(O)cc1)c1c(O)cc(OC)c(C(=O)CCc2ccc(OC)cc2)c1O. The Kier molecular flexibility index (Phi) is 7.25. The number of ketones is 1. The number of rotatable bonds is 9. The Labute approximate surface area is 187 Å². The van der Waals surface area contributed by atoms with Gasteiger partial charge in [-0.25, -0.2) is 0 Å². The van der Waals surface area contributed by atoms with Gasteiger partial charge in [-0.2, -0.15) is 0 Å². The van der Waals surface area contributed by atoms with E-state index in [1.54, 1.807) is 31.4 Å². The molecule has 3 N–H and O–H groups in total. The van der Waals surface area contributed by atoms with Crippen LogP contribution in [-0.4, -0.2) is 35.3 Å². The molecule has 0 fully saturated rings. The summed E-state index contributed by atoms with van der Waals surface area (Å²) in [4.78, 5) is 13.1. The highest BCUT2D eigenvalue weighted by Gasteiger charge is 2.28. The second kappa shape index (κ2) is 10.1. The number of hydrogen-bond acceptors (Lipinski definition) is 6. The summed E-state index contributed by atoms with van der Waals surface area (Å²) in [7, 11) is 2.99. The summed E-state index contributed by atoms with van der Waals surface area (Å²) in [6, 6.07) is 15.4. The first-order valence-electron chi connectivity index (χ1n) is 10.5. The minimum atomic E-state index is -0.366. The number of aryl methyl sites for hydroxylation is 1. The van der Waals surface area contributed by atoms with E-state index >= 15 is 0 Å². The maximum atomic E-state index is 13.1. The fourth-order valence-electron chi connectivity index (χ4n) is 3.91. The molecule has 0 spiro atoms. The molecule has 1 unspecified atom stereocenters. The number of ether oxygens (including phenoxy) is 2. The van der Waals surface area contributed by atoms with Crippen molar-refractivity contribution >= 4 is 5.78 Å². The van der Waals surface area contributed by atoms with Crippen molar-refractivity contribution in [3.63, 3.8) is 0 Å². The Balaban J connectivity index is 1.95. The summed E-state index contributed by atoms with van der Waals surface area (Å²) < 4.78 is 10.5. The minimum Gasteiger partial charge on any atom is -0.508 e. The normalized spacial score (nSPS) is 11.7. The van der Waals surface area contributed by atoms with Crippen LogP contribution in [0.1, 0.15) is 52.7 Å². The van der Waals surface area contributed by atoms with E-state index in [9.17, 15) is 20.1 Å². The standard InChI is InChI=1S/C26H28O6/c1-4-20(17-8-10-18(27)11-9-17)24-22(29)15-23(32-3)25(26(24)30)21(28)14-7-16-5-12-19(31-2)13-6-16/h5-6,8-13,15,20,27,29-30H,4,7,14H2,1-3H3. The van der Waals surface area contributed by atoms with Crippen LogP contribution >= 0.6 is 0 Å². The lowest BCUT2D eigenvalue weighted by molar-refractivity contribution is 0.0977. The molecule has 0 saturated heterocycles. The fraction of sp³-hybridized carbons (Fsp3) is 0.269. The molecule has 0 bridgehead atoms. The molecule has 3 aromatic rings. The van der Waals surface area contributed by atoms with Gasteiger partial charge in [0.05, 0.1) is 14.2 Å². The van der Waals surface area contributed by atoms with Gasteiger partial charge in [-0.1, -0.05) is 31.2 Å². The molecular formula is C26H28O6. The van der Waals surface area contributed by atoms with Gasteiger partial charge in [0.15, 0.2) is 5.78 Å². The molecular weight excluding hydrogens is 408 g/mol. The first kappa shape index (κ1) is 23.0. The summed E-state index contributed by atoms with van der Waals surface area (Å²) in [6.45, 7) is 1.92. The number of carbonyl (C=O) groups excluding carboxylic acids is 1. The lowest BCUT2D eigenvalue weighted by Gasteiger charge is -2.22. The molecule has 3 rings (SSSR count). The highest BCUT2D eigenvalue weighted by molar-refractivity contribution is 6.02. The summed E-state index contributed by atoms with van der Waals surface area (Å²) in [5.41, 5.74) is 2.10. The quantitative estimate of drug-likeness (QED) is 0.400. The van der Waals surface area contributed by atoms with E-state index in [1.807, 2.05) is 31.2 Å². The van der Waals surface area contributed by atoms with Crippen LogP contribution < -0.4 is 9.47 Å². The van der Waals surface area contributed by atoms with E-state index in [1.165, 1.54) is 13.2 Å². The van der Waals surface area contributed by atoms with E-state index in [0.29, 0.717) is 12.8 Å². The van der Waals surface area contributed by atoms with Crippen molar-refractivity contribution in [2.45, 2.75) is 32.1 Å². The minimum absolute atomic E-state index is 0.0611. The van der Waals surface area contributed by atoms with Gasteiger partial charge in [0.1, 0.15) is 34.3 Å². The number of Topliss-reactive ketones (excluding diaryl/α,β-unsaturated/α-hetero) is 1. The second-order valence-electron chi connectivity index (χ2n) is 7.56. The predicted octanol–water partition coefficient (Wildman–Crippen LogP) is 5.18. The van der Waals surface area contributed by atoms with Crippen LogP contribution in [0.2, 0.25) is 0 Å². The summed E-state index contributed by atoms with van der Waals surface area (Å²) in [5.74, 6) is -0.0771. The Morgan fingerprint density at radius 3 is 2.16 bits per heavy atom. The molecule has 0 aliphatic rings. The van der Waals surface area contributed by atoms with Gasteiger partial charge in [-0.3, -0.25) is 4.79 Å². The van der Waals surface area contributed by atoms with Crippen LogP contribution in [0.15, 0.2) is 54.6 Å². The van der Waals surface area contributed by atoms with Crippen LogP contribution in [0.25, 0.3) is 0 Å². The average Bonchev–Trinajstić information content (AvgIpc) is 2.80. The van der Waals surface area contributed by atoms with Crippen LogP contribution in [0.4, 0.5) is 0 Å². The van der Waals surface area contributed by atoms with Gasteiger partial charge < -0.3 is 24.8 Å². The van der Waals surface area contributed by atoms with Crippen LogP contribution in [-0.2, 0) is 6.42 Å². The Bertz CT molecular complexity index is 1070. The van der Waals surface area contributed by atoms with Crippen LogP contribution in [0.5, 0.6) is 28.7 Å². The fourth-order valence-corrected chi connectivity index (χ4v) is 3.91. The number of benzene rings is 3. The number of methoxy groups -OCH3 is 2. The highest BCUT2D eigenvalue weighted by atomic mass is 16.5. The highest BCUT2D eigenvalue weighted by Crippen LogP contribution is 2.46. The van der Waals surface area contributed by atoms with E-state index in [-0.39, 0.29) is 52.2 Å². The van der Waals surface area contributed by atoms with Crippen molar-refractivity contribution in [1.29, 1.82) is 0 Å². The first-order valence-corrected chi connectivity index (χ1v) is 10.5. The monoisotopic (exact) mass is 436 g/mol. The van der Waals surface area contributed by atoms with Crippen LogP contribution in [0.3, 0.4) is 0 Å². The molecule has 168 valence electrons. The smallest absolute Gasteiger partial charge is 0.170 e. The Morgan fingerprint density at radius 2 is 1.59 bits per heavy atom. The third-order valence-electron chi connectivity index (χ3n) is 5.63. The zero-order valence-corrected chi connectivity index (χ0v) is 18.5. The molecule has 6 nitrogen and oxygen atoms in total. The molecule has 6 heteroatoms. The van der Waals surface area contributed by atoms with Gasteiger partial charge >= 0.3 is 0 Å². The molecule has 3 aromatic carbocycles. The predicted molar refractivity (Wildman–Crippen MR) is 122 cm³/mol. The van der Waals surface area contributed by atoms with E-state index in [0.717, 1.165) is 16.9 Å². The van der Waals surface area contributed by atoms with Crippen molar-refractivity contribution in [3.05, 3.63) is 76.9 Å². The third-order valence-corrected chi connectivity index (χ3v) is 5.63. The van der Waals surface area contributed by atoms with Crippen molar-refractivity contribution < 1.29 is 29.6 Å². The maximum absolute atomic E-state index is 13.1. The zero-order valence-electron chi connectivity index (χ0n) is 18.5. The molecule has 0 aromatic heterocycles. The van der Waals surface area contributed by atoms with E-state index in [4.69, 9.17) is 9.47 Å². The number of carbonyl (C=O) groups is 1. The molecule has 0 aliphatic heterocycles. The molecule has 1 atom stereocenters. The van der Waals surface area contributed by atoms with Gasteiger partial charge in [0.25, 0.3) is 0 Å². The lowest BCUT2D eigenvalue weighted by atomic mass is 9.85. The van der Waals surface area contributed by atoms with Crippen molar-refractivity contribution in [1.82, 2.24) is 0 Å². The van der Waals surface area contributed by atoms with Crippen molar-refractivity contribution in [3.8, 4) is 28.7 Å².